The fourth-order valence-corrected chi connectivity index (χ4v) is 2.41. The molecule has 1 fully saturated rings. The Morgan fingerprint density at radius 3 is 2.19 bits per heavy atom. The van der Waals surface area contributed by atoms with Gasteiger partial charge in [-0.25, -0.2) is 4.79 Å². The van der Waals surface area contributed by atoms with E-state index in [0.29, 0.717) is 6.42 Å². The third-order valence-corrected chi connectivity index (χ3v) is 3.51. The monoisotopic (exact) mass is 288 g/mol. The molecule has 0 spiro atoms. The molecule has 110 valence electrons. The van der Waals surface area contributed by atoms with Gasteiger partial charge in [-0.1, -0.05) is 37.3 Å². The average molecular weight is 288 g/mol. The van der Waals surface area contributed by atoms with E-state index >= 15 is 0 Å². The quantitative estimate of drug-likeness (QED) is 0.794. The second kappa shape index (κ2) is 6.30. The van der Waals surface area contributed by atoms with Crippen LogP contribution in [0.25, 0.3) is 0 Å². The molecule has 0 bridgehead atoms. The van der Waals surface area contributed by atoms with Gasteiger partial charge in [0.1, 0.15) is 11.7 Å². The summed E-state index contributed by atoms with van der Waals surface area (Å²) in [6, 6.07) is 8.09. The minimum atomic E-state index is -1.08. The third kappa shape index (κ3) is 3.34. The van der Waals surface area contributed by atoms with Gasteiger partial charge in [0, 0.05) is 18.8 Å². The molecule has 0 aliphatic carbocycles. The lowest BCUT2D eigenvalue weighted by Crippen LogP contribution is -2.57. The Bertz CT molecular complexity index is 563. The summed E-state index contributed by atoms with van der Waals surface area (Å²) in [5.41, 5.74) is 0.726. The van der Waals surface area contributed by atoms with E-state index in [1.807, 2.05) is 6.07 Å². The van der Waals surface area contributed by atoms with Crippen molar-refractivity contribution in [2.24, 2.45) is 5.92 Å². The molecule has 0 radical (unpaired) electrons. The molecule has 0 aromatic heterocycles. The Labute approximate surface area is 121 Å². The molecule has 1 aliphatic rings. The van der Waals surface area contributed by atoms with Gasteiger partial charge in [0.15, 0.2) is 0 Å². The van der Waals surface area contributed by atoms with E-state index in [9.17, 15) is 19.2 Å². The zero-order chi connectivity index (χ0) is 15.4. The van der Waals surface area contributed by atoms with Gasteiger partial charge in [-0.2, -0.15) is 0 Å². The zero-order valence-corrected chi connectivity index (χ0v) is 11.6. The number of barbiturate groups is 1. The lowest BCUT2D eigenvalue weighted by Gasteiger charge is -2.28. The number of imide groups is 2. The Kier molecular flexibility index (Phi) is 4.47. The number of rotatable bonds is 5. The van der Waals surface area contributed by atoms with E-state index in [0.717, 1.165) is 5.56 Å². The molecular weight excluding hydrogens is 272 g/mol. The van der Waals surface area contributed by atoms with E-state index in [2.05, 4.69) is 10.6 Å². The van der Waals surface area contributed by atoms with Crippen molar-refractivity contribution in [1.29, 1.82) is 0 Å². The lowest BCUT2D eigenvalue weighted by atomic mass is 9.80. The van der Waals surface area contributed by atoms with Crippen molar-refractivity contribution in [3.8, 4) is 0 Å². The van der Waals surface area contributed by atoms with Crippen molar-refractivity contribution in [3.05, 3.63) is 35.9 Å². The van der Waals surface area contributed by atoms with Gasteiger partial charge in [0.2, 0.25) is 11.8 Å². The van der Waals surface area contributed by atoms with E-state index in [1.54, 1.807) is 31.2 Å². The summed E-state index contributed by atoms with van der Waals surface area (Å²) < 4.78 is 0. The highest BCUT2D eigenvalue weighted by molar-refractivity contribution is 6.16. The first-order valence-electron chi connectivity index (χ1n) is 6.75. The maximum Gasteiger partial charge on any atom is 0.328 e. The van der Waals surface area contributed by atoms with Gasteiger partial charge in [-0.15, -0.1) is 0 Å². The number of hydrogen-bond acceptors (Lipinski definition) is 4. The minimum absolute atomic E-state index is 0.0404. The van der Waals surface area contributed by atoms with Crippen LogP contribution in [-0.4, -0.2) is 23.6 Å². The maximum absolute atomic E-state index is 12.0. The number of ketones is 1. The van der Waals surface area contributed by atoms with Crippen molar-refractivity contribution < 1.29 is 19.2 Å². The minimum Gasteiger partial charge on any atom is -0.300 e. The number of carbonyl (C=O) groups excluding carboxylic acids is 4. The van der Waals surface area contributed by atoms with Gasteiger partial charge in [-0.3, -0.25) is 25.0 Å². The molecule has 1 saturated heterocycles. The first-order chi connectivity index (χ1) is 10.0. The second-order valence-electron chi connectivity index (χ2n) is 4.90. The van der Waals surface area contributed by atoms with Crippen molar-refractivity contribution in [2.75, 3.05) is 0 Å². The van der Waals surface area contributed by atoms with Crippen LogP contribution in [0.2, 0.25) is 0 Å². The molecular formula is C15H16N2O4. The number of hydrogen-bond donors (Lipinski definition) is 2. The van der Waals surface area contributed by atoms with Crippen LogP contribution in [0.4, 0.5) is 4.79 Å². The Balaban J connectivity index is 2.35. The lowest BCUT2D eigenvalue weighted by molar-refractivity contribution is -0.137. The number of amides is 4. The highest BCUT2D eigenvalue weighted by Gasteiger charge is 2.41. The van der Waals surface area contributed by atoms with Gasteiger partial charge >= 0.3 is 6.03 Å². The second-order valence-corrected chi connectivity index (χ2v) is 4.90. The van der Waals surface area contributed by atoms with Crippen LogP contribution in [0.1, 0.15) is 31.2 Å². The van der Waals surface area contributed by atoms with Crippen LogP contribution in [0.15, 0.2) is 30.3 Å². The Hall–Kier alpha value is -2.50. The molecule has 0 saturated carbocycles. The van der Waals surface area contributed by atoms with Crippen LogP contribution in [0.5, 0.6) is 0 Å². The van der Waals surface area contributed by atoms with Gasteiger partial charge < -0.3 is 0 Å². The fourth-order valence-electron chi connectivity index (χ4n) is 2.41. The van der Waals surface area contributed by atoms with Gasteiger partial charge in [-0.05, 0) is 5.56 Å². The highest BCUT2D eigenvalue weighted by Crippen LogP contribution is 2.30. The summed E-state index contributed by atoms with van der Waals surface area (Å²) in [5.74, 6) is -3.03. The summed E-state index contributed by atoms with van der Waals surface area (Å²) >= 11 is 0. The van der Waals surface area contributed by atoms with E-state index in [4.69, 9.17) is 0 Å². The van der Waals surface area contributed by atoms with Crippen molar-refractivity contribution in [1.82, 2.24) is 10.6 Å². The summed E-state index contributed by atoms with van der Waals surface area (Å²) in [6.45, 7) is 1.73. The Morgan fingerprint density at radius 2 is 1.67 bits per heavy atom. The largest absolute Gasteiger partial charge is 0.328 e. The van der Waals surface area contributed by atoms with Crippen LogP contribution in [-0.2, 0) is 14.4 Å². The molecule has 0 unspecified atom stereocenters. The van der Waals surface area contributed by atoms with Gasteiger partial charge in [0.05, 0.1) is 0 Å². The number of urea groups is 1. The predicted octanol–water partition coefficient (Wildman–Crippen LogP) is 1.12. The van der Waals surface area contributed by atoms with Crippen LogP contribution in [0.3, 0.4) is 0 Å². The number of benzene rings is 1. The Morgan fingerprint density at radius 1 is 1.10 bits per heavy atom. The molecule has 1 aromatic carbocycles. The fraction of sp³-hybridized carbons (Fsp3) is 0.333. The molecule has 1 aromatic rings. The summed E-state index contributed by atoms with van der Waals surface area (Å²) in [7, 11) is 0. The first kappa shape index (κ1) is 14.9. The third-order valence-electron chi connectivity index (χ3n) is 3.51. The molecule has 4 amide bonds. The number of nitrogens with one attached hydrogen (secondary N) is 2. The van der Waals surface area contributed by atoms with Crippen LogP contribution < -0.4 is 10.6 Å². The van der Waals surface area contributed by atoms with Crippen LogP contribution in [0, 0.1) is 5.92 Å². The summed E-state index contributed by atoms with van der Waals surface area (Å²) in [5, 5.41) is 4.16. The SMILES string of the molecule is CCC(=O)C[C@H](c1ccccc1)C1C(=O)NC(=O)NC1=O. The molecule has 21 heavy (non-hydrogen) atoms. The molecule has 1 heterocycles. The van der Waals surface area contributed by atoms with Gasteiger partial charge in [0.25, 0.3) is 0 Å². The molecule has 2 rings (SSSR count). The molecule has 6 heteroatoms. The topological polar surface area (TPSA) is 92.3 Å². The molecule has 1 atom stereocenters. The van der Waals surface area contributed by atoms with Crippen molar-refractivity contribution in [3.63, 3.8) is 0 Å². The molecule has 1 aliphatic heterocycles. The zero-order valence-electron chi connectivity index (χ0n) is 11.6. The van der Waals surface area contributed by atoms with Crippen LogP contribution >= 0.6 is 0 Å². The number of carbonyl (C=O) groups is 4. The predicted molar refractivity (Wildman–Crippen MR) is 74.3 cm³/mol. The summed E-state index contributed by atoms with van der Waals surface area (Å²) in [4.78, 5) is 46.9. The van der Waals surface area contributed by atoms with Crippen molar-refractivity contribution >= 4 is 23.6 Å². The molecule has 2 N–H and O–H groups in total. The highest BCUT2D eigenvalue weighted by atomic mass is 16.2. The average Bonchev–Trinajstić information content (AvgIpc) is 2.46. The first-order valence-corrected chi connectivity index (χ1v) is 6.75. The summed E-state index contributed by atoms with van der Waals surface area (Å²) in [6.07, 6.45) is 0.415. The number of Topliss-reactive ketones (excluding diaryl/α,β-unsaturated/α-hetero) is 1. The smallest absolute Gasteiger partial charge is 0.300 e. The van der Waals surface area contributed by atoms with E-state index < -0.39 is 29.7 Å². The van der Waals surface area contributed by atoms with E-state index in [1.165, 1.54) is 0 Å². The standard InChI is InChI=1S/C15H16N2O4/c1-2-10(18)8-11(9-6-4-3-5-7-9)12-13(19)16-15(21)17-14(12)20/h3-7,11-12H,2,8H2,1H3,(H2,16,17,19,20,21)/t11-/m1/s1. The maximum atomic E-state index is 12.0. The van der Waals surface area contributed by atoms with E-state index in [-0.39, 0.29) is 12.2 Å². The van der Waals surface area contributed by atoms with Crippen molar-refractivity contribution in [2.45, 2.75) is 25.7 Å². The molecule has 6 nitrogen and oxygen atoms in total. The normalized spacial score (nSPS) is 17.1.